The van der Waals surface area contributed by atoms with Crippen molar-refractivity contribution in [1.82, 2.24) is 25.9 Å². The lowest BCUT2D eigenvalue weighted by atomic mass is 10.0. The molecule has 1 aromatic rings. The van der Waals surface area contributed by atoms with Crippen LogP contribution in [-0.4, -0.2) is 74.9 Å². The molecule has 0 aromatic carbocycles. The monoisotopic (exact) mass is 470 g/mol. The van der Waals surface area contributed by atoms with Crippen LogP contribution in [0.5, 0.6) is 0 Å². The fourth-order valence-corrected chi connectivity index (χ4v) is 3.34. The lowest BCUT2D eigenvalue weighted by molar-refractivity contribution is -0.141. The molecule has 0 aliphatic rings. The first-order chi connectivity index (χ1) is 15.0. The summed E-state index contributed by atoms with van der Waals surface area (Å²) >= 11 is 1.48. The van der Waals surface area contributed by atoms with Gasteiger partial charge in [0.1, 0.15) is 18.1 Å². The number of carboxylic acids is 1. The average Bonchev–Trinajstić information content (AvgIpc) is 3.22. The van der Waals surface area contributed by atoms with Crippen LogP contribution >= 0.6 is 11.8 Å². The molecule has 1 aromatic heterocycles. The summed E-state index contributed by atoms with van der Waals surface area (Å²) in [5.41, 5.74) is 6.57. The standard InChI is InChI=1S/C20H34N6O5S/c1-11(2)7-14(21)17(27)26-16(8-13-9-22-10-23-13)19(29)25-15(5-6-32-4)18(28)24-12(3)20(30)31/h9-12,14-16H,5-8,21H2,1-4H3,(H,22,23)(H,24,28)(H,25,29)(H,26,27)(H,30,31). The number of carbonyl (C=O) groups excluding carboxylic acids is 3. The van der Waals surface area contributed by atoms with Crippen molar-refractivity contribution in [2.45, 2.75) is 64.2 Å². The maximum Gasteiger partial charge on any atom is 0.325 e. The summed E-state index contributed by atoms with van der Waals surface area (Å²) in [6.07, 6.45) is 5.71. The summed E-state index contributed by atoms with van der Waals surface area (Å²) in [5.74, 6) is -2.07. The molecule has 0 aliphatic carbocycles. The molecule has 180 valence electrons. The molecule has 4 unspecified atom stereocenters. The molecule has 0 spiro atoms. The SMILES string of the molecule is CSCCC(NC(=O)C(Cc1cnc[nH]1)NC(=O)C(N)CC(C)C)C(=O)NC(C)C(=O)O. The van der Waals surface area contributed by atoms with Crippen LogP contribution in [0.3, 0.4) is 0 Å². The van der Waals surface area contributed by atoms with Crippen LogP contribution < -0.4 is 21.7 Å². The number of imidazole rings is 1. The highest BCUT2D eigenvalue weighted by Crippen LogP contribution is 2.07. The van der Waals surface area contributed by atoms with E-state index in [-0.39, 0.29) is 12.3 Å². The summed E-state index contributed by atoms with van der Waals surface area (Å²) in [6, 6.07) is -3.84. The zero-order valence-corrected chi connectivity index (χ0v) is 19.7. The third kappa shape index (κ3) is 9.69. The van der Waals surface area contributed by atoms with Crippen molar-refractivity contribution in [2.75, 3.05) is 12.0 Å². The van der Waals surface area contributed by atoms with Crippen molar-refractivity contribution in [1.29, 1.82) is 0 Å². The third-order valence-corrected chi connectivity index (χ3v) is 5.29. The number of carbonyl (C=O) groups is 4. The number of aromatic nitrogens is 2. The molecule has 0 radical (unpaired) electrons. The first-order valence-electron chi connectivity index (χ1n) is 10.4. The molecule has 0 fully saturated rings. The number of thioether (sulfide) groups is 1. The second-order valence-corrected chi connectivity index (χ2v) is 8.97. The normalized spacial score (nSPS) is 14.8. The van der Waals surface area contributed by atoms with Crippen molar-refractivity contribution in [3.8, 4) is 0 Å². The van der Waals surface area contributed by atoms with Gasteiger partial charge in [0.15, 0.2) is 0 Å². The van der Waals surface area contributed by atoms with E-state index in [1.54, 1.807) is 0 Å². The van der Waals surface area contributed by atoms with Gasteiger partial charge >= 0.3 is 5.97 Å². The van der Waals surface area contributed by atoms with Crippen LogP contribution in [0.4, 0.5) is 0 Å². The Labute approximate surface area is 192 Å². The van der Waals surface area contributed by atoms with Gasteiger partial charge in [-0.2, -0.15) is 11.8 Å². The van der Waals surface area contributed by atoms with Crippen LogP contribution in [0.25, 0.3) is 0 Å². The molecule has 4 atom stereocenters. The lowest BCUT2D eigenvalue weighted by Gasteiger charge is -2.24. The molecule has 0 aliphatic heterocycles. The fraction of sp³-hybridized carbons (Fsp3) is 0.650. The van der Waals surface area contributed by atoms with Crippen molar-refractivity contribution in [2.24, 2.45) is 11.7 Å². The topological polar surface area (TPSA) is 179 Å². The van der Waals surface area contributed by atoms with Crippen molar-refractivity contribution >= 4 is 35.5 Å². The van der Waals surface area contributed by atoms with E-state index in [1.807, 2.05) is 20.1 Å². The number of nitrogens with two attached hydrogens (primary N) is 1. The third-order valence-electron chi connectivity index (χ3n) is 4.65. The number of nitrogens with zero attached hydrogens (tertiary/aromatic N) is 1. The van der Waals surface area contributed by atoms with E-state index in [4.69, 9.17) is 10.8 Å². The smallest absolute Gasteiger partial charge is 0.325 e. The predicted molar refractivity (Wildman–Crippen MR) is 122 cm³/mol. The largest absolute Gasteiger partial charge is 0.480 e. The molecule has 32 heavy (non-hydrogen) atoms. The molecule has 11 nitrogen and oxygen atoms in total. The Hall–Kier alpha value is -2.60. The van der Waals surface area contributed by atoms with Crippen LogP contribution in [0.15, 0.2) is 12.5 Å². The zero-order valence-electron chi connectivity index (χ0n) is 18.9. The number of carboxylic acid groups (broad SMARTS) is 1. The highest BCUT2D eigenvalue weighted by molar-refractivity contribution is 7.98. The van der Waals surface area contributed by atoms with Gasteiger partial charge in [0.25, 0.3) is 0 Å². The van der Waals surface area contributed by atoms with E-state index < -0.39 is 47.9 Å². The van der Waals surface area contributed by atoms with Crippen molar-refractivity contribution < 1.29 is 24.3 Å². The van der Waals surface area contributed by atoms with Gasteiger partial charge in [0.2, 0.25) is 17.7 Å². The molecule has 1 rings (SSSR count). The van der Waals surface area contributed by atoms with E-state index in [0.29, 0.717) is 24.3 Å². The lowest BCUT2D eigenvalue weighted by Crippen LogP contribution is -2.57. The van der Waals surface area contributed by atoms with Gasteiger partial charge < -0.3 is 31.8 Å². The number of aliphatic carboxylic acids is 1. The second kappa shape index (κ2) is 13.7. The van der Waals surface area contributed by atoms with E-state index in [1.165, 1.54) is 31.2 Å². The van der Waals surface area contributed by atoms with E-state index in [2.05, 4.69) is 25.9 Å². The number of hydrogen-bond donors (Lipinski definition) is 6. The Morgan fingerprint density at radius 1 is 1.09 bits per heavy atom. The number of rotatable bonds is 14. The van der Waals surface area contributed by atoms with Crippen LogP contribution in [0.1, 0.15) is 39.3 Å². The van der Waals surface area contributed by atoms with Gasteiger partial charge in [-0.05, 0) is 37.7 Å². The van der Waals surface area contributed by atoms with Crippen LogP contribution in [0, 0.1) is 5.92 Å². The van der Waals surface area contributed by atoms with Gasteiger partial charge in [0.05, 0.1) is 12.4 Å². The first kappa shape index (κ1) is 27.4. The Bertz CT molecular complexity index is 758. The Morgan fingerprint density at radius 3 is 2.25 bits per heavy atom. The summed E-state index contributed by atoms with van der Waals surface area (Å²) in [4.78, 5) is 56.0. The molecule has 3 amide bonds. The zero-order chi connectivity index (χ0) is 24.3. The van der Waals surface area contributed by atoms with E-state index in [0.717, 1.165) is 0 Å². The Balaban J connectivity index is 2.96. The van der Waals surface area contributed by atoms with Gasteiger partial charge in [-0.1, -0.05) is 13.8 Å². The van der Waals surface area contributed by atoms with Crippen molar-refractivity contribution in [3.05, 3.63) is 18.2 Å². The molecule has 0 saturated carbocycles. The summed E-state index contributed by atoms with van der Waals surface area (Å²) in [6.45, 7) is 5.22. The molecule has 0 bridgehead atoms. The molecule has 12 heteroatoms. The average molecular weight is 471 g/mol. The minimum Gasteiger partial charge on any atom is -0.480 e. The van der Waals surface area contributed by atoms with Gasteiger partial charge in [-0.3, -0.25) is 19.2 Å². The Kier molecular flexibility index (Phi) is 11.8. The molecule has 7 N–H and O–H groups in total. The number of amides is 3. The number of nitrogens with one attached hydrogen (secondary N) is 4. The van der Waals surface area contributed by atoms with Crippen LogP contribution in [-0.2, 0) is 25.6 Å². The Morgan fingerprint density at radius 2 is 1.72 bits per heavy atom. The molecule has 1 heterocycles. The fourth-order valence-electron chi connectivity index (χ4n) is 2.87. The highest BCUT2D eigenvalue weighted by Gasteiger charge is 2.29. The predicted octanol–water partition coefficient (Wildman–Crippen LogP) is -0.362. The number of hydrogen-bond acceptors (Lipinski definition) is 7. The molecular formula is C20H34N6O5S. The van der Waals surface area contributed by atoms with E-state index in [9.17, 15) is 19.2 Å². The summed E-state index contributed by atoms with van der Waals surface area (Å²) in [7, 11) is 0. The minimum absolute atomic E-state index is 0.119. The molecular weight excluding hydrogens is 436 g/mol. The second-order valence-electron chi connectivity index (χ2n) is 7.99. The van der Waals surface area contributed by atoms with E-state index >= 15 is 0 Å². The van der Waals surface area contributed by atoms with Gasteiger partial charge in [-0.25, -0.2) is 4.98 Å². The van der Waals surface area contributed by atoms with Crippen molar-refractivity contribution in [3.63, 3.8) is 0 Å². The summed E-state index contributed by atoms with van der Waals surface area (Å²) in [5, 5.41) is 16.7. The maximum atomic E-state index is 13.0. The quantitative estimate of drug-likeness (QED) is 0.213. The highest BCUT2D eigenvalue weighted by atomic mass is 32.2. The maximum absolute atomic E-state index is 13.0. The number of aromatic amines is 1. The minimum atomic E-state index is -1.18. The van der Waals surface area contributed by atoms with Crippen LogP contribution in [0.2, 0.25) is 0 Å². The molecule has 0 saturated heterocycles. The van der Waals surface area contributed by atoms with Gasteiger partial charge in [0, 0.05) is 18.3 Å². The van der Waals surface area contributed by atoms with Gasteiger partial charge in [-0.15, -0.1) is 0 Å². The number of H-pyrrole nitrogens is 1. The first-order valence-corrected chi connectivity index (χ1v) is 11.8. The summed E-state index contributed by atoms with van der Waals surface area (Å²) < 4.78 is 0.